The molecule has 1 unspecified atom stereocenters. The summed E-state index contributed by atoms with van der Waals surface area (Å²) in [5.74, 6) is 0.798. The highest BCUT2D eigenvalue weighted by Crippen LogP contribution is 2.25. The van der Waals surface area contributed by atoms with Crippen molar-refractivity contribution in [3.63, 3.8) is 0 Å². The Morgan fingerprint density at radius 2 is 2.00 bits per heavy atom. The molecule has 2 N–H and O–H groups in total. The molecule has 0 saturated carbocycles. The molecule has 24 heavy (non-hydrogen) atoms. The molecule has 126 valence electrons. The number of aromatic nitrogens is 1. The third-order valence-corrected chi connectivity index (χ3v) is 5.02. The van der Waals surface area contributed by atoms with Gasteiger partial charge in [-0.15, -0.1) is 11.3 Å². The number of nitrogens with one attached hydrogen (secondary N) is 1. The topological polar surface area (TPSA) is 54.4 Å². The number of hydrogen-bond acceptors (Lipinski definition) is 5. The van der Waals surface area contributed by atoms with Crippen LogP contribution in [0.1, 0.15) is 18.9 Å². The summed E-state index contributed by atoms with van der Waals surface area (Å²) in [4.78, 5) is 4.34. The highest BCUT2D eigenvalue weighted by Gasteiger charge is 2.23. The molecule has 1 aromatic heterocycles. The van der Waals surface area contributed by atoms with E-state index in [1.807, 2.05) is 35.7 Å². The molecule has 0 bridgehead atoms. The monoisotopic (exact) mass is 342 g/mol. The molecule has 5 heteroatoms. The highest BCUT2D eigenvalue weighted by atomic mass is 32.1. The molecule has 1 heterocycles. The van der Waals surface area contributed by atoms with E-state index < -0.39 is 6.10 Å². The van der Waals surface area contributed by atoms with E-state index in [9.17, 15) is 5.11 Å². The van der Waals surface area contributed by atoms with Crippen molar-refractivity contribution in [3.8, 4) is 5.75 Å². The van der Waals surface area contributed by atoms with Crippen molar-refractivity contribution in [2.75, 3.05) is 13.2 Å². The number of hydrogen-bond donors (Lipinski definition) is 2. The van der Waals surface area contributed by atoms with Gasteiger partial charge in [-0.3, -0.25) is 0 Å². The summed E-state index contributed by atoms with van der Waals surface area (Å²) in [5, 5.41) is 18.7. The van der Waals surface area contributed by atoms with Gasteiger partial charge in [-0.25, -0.2) is 4.98 Å². The smallest absolute Gasteiger partial charge is 0.127 e. The maximum absolute atomic E-state index is 10.2. The van der Waals surface area contributed by atoms with Crippen molar-refractivity contribution in [3.05, 3.63) is 59.0 Å². The number of aliphatic hydroxyl groups excluding tert-OH is 1. The van der Waals surface area contributed by atoms with Gasteiger partial charge in [0, 0.05) is 23.5 Å². The van der Waals surface area contributed by atoms with Crippen molar-refractivity contribution in [1.82, 2.24) is 10.3 Å². The van der Waals surface area contributed by atoms with Crippen molar-refractivity contribution in [2.24, 2.45) is 0 Å². The van der Waals surface area contributed by atoms with Crippen LogP contribution in [-0.2, 0) is 5.54 Å². The van der Waals surface area contributed by atoms with Crippen LogP contribution >= 0.6 is 11.3 Å². The van der Waals surface area contributed by atoms with Gasteiger partial charge in [-0.05, 0) is 25.3 Å². The van der Waals surface area contributed by atoms with Crippen LogP contribution in [0, 0.1) is 0 Å². The molecule has 1 atom stereocenters. The van der Waals surface area contributed by atoms with Gasteiger partial charge in [0.25, 0.3) is 0 Å². The Kier molecular flexibility index (Phi) is 5.14. The molecular weight excluding hydrogens is 320 g/mol. The molecule has 3 rings (SSSR count). The first kappa shape index (κ1) is 16.9. The summed E-state index contributed by atoms with van der Waals surface area (Å²) in [5.41, 5.74) is -0.269. The lowest BCUT2D eigenvalue weighted by atomic mass is 10.1. The van der Waals surface area contributed by atoms with Crippen molar-refractivity contribution in [2.45, 2.75) is 25.5 Å². The third kappa shape index (κ3) is 3.93. The van der Waals surface area contributed by atoms with Crippen LogP contribution < -0.4 is 10.1 Å². The Bertz CT molecular complexity index is 782. The van der Waals surface area contributed by atoms with Crippen LogP contribution in [0.4, 0.5) is 0 Å². The van der Waals surface area contributed by atoms with E-state index in [1.165, 1.54) is 0 Å². The van der Waals surface area contributed by atoms with E-state index in [2.05, 4.69) is 36.3 Å². The van der Waals surface area contributed by atoms with Gasteiger partial charge >= 0.3 is 0 Å². The van der Waals surface area contributed by atoms with E-state index in [-0.39, 0.29) is 12.1 Å². The second-order valence-corrected chi connectivity index (χ2v) is 7.18. The molecule has 0 amide bonds. The summed E-state index contributed by atoms with van der Waals surface area (Å²) in [6.07, 6.45) is 1.20. The predicted octanol–water partition coefficient (Wildman–Crippen LogP) is 3.56. The Hall–Kier alpha value is -1.95. The van der Waals surface area contributed by atoms with E-state index in [0.717, 1.165) is 21.5 Å². The van der Waals surface area contributed by atoms with E-state index in [4.69, 9.17) is 4.74 Å². The quantitative estimate of drug-likeness (QED) is 0.689. The molecule has 0 aliphatic rings. The van der Waals surface area contributed by atoms with Gasteiger partial charge < -0.3 is 15.2 Å². The molecule has 0 fully saturated rings. The molecule has 0 radical (unpaired) electrons. The Morgan fingerprint density at radius 1 is 1.21 bits per heavy atom. The maximum atomic E-state index is 10.2. The minimum atomic E-state index is -0.594. The fourth-order valence-electron chi connectivity index (χ4n) is 2.55. The van der Waals surface area contributed by atoms with Gasteiger partial charge in [0.15, 0.2) is 0 Å². The maximum Gasteiger partial charge on any atom is 0.127 e. The average Bonchev–Trinajstić information content (AvgIpc) is 3.14. The van der Waals surface area contributed by atoms with Gasteiger partial charge in [0.05, 0.1) is 5.54 Å². The second-order valence-electron chi connectivity index (χ2n) is 6.29. The van der Waals surface area contributed by atoms with Gasteiger partial charge in [-0.2, -0.15) is 0 Å². The number of aliphatic hydroxyl groups is 1. The number of nitrogens with zero attached hydrogens (tertiary/aromatic N) is 1. The van der Waals surface area contributed by atoms with Crippen LogP contribution in [0.5, 0.6) is 5.75 Å². The lowest BCUT2D eigenvalue weighted by Crippen LogP contribution is -2.42. The zero-order chi connectivity index (χ0) is 17.0. The number of rotatable bonds is 7. The molecule has 0 aliphatic heterocycles. The lowest BCUT2D eigenvalue weighted by Gasteiger charge is -2.25. The van der Waals surface area contributed by atoms with Crippen LogP contribution in [0.25, 0.3) is 10.8 Å². The first-order chi connectivity index (χ1) is 11.6. The summed E-state index contributed by atoms with van der Waals surface area (Å²) in [7, 11) is 0. The SMILES string of the molecule is CC(C)(NCC(O)COc1cccc2ccccc12)c1nccs1. The summed E-state index contributed by atoms with van der Waals surface area (Å²) < 4.78 is 5.83. The van der Waals surface area contributed by atoms with Crippen LogP contribution in [0.15, 0.2) is 54.0 Å². The fourth-order valence-corrected chi connectivity index (χ4v) is 3.29. The first-order valence-corrected chi connectivity index (χ1v) is 8.88. The zero-order valence-electron chi connectivity index (χ0n) is 13.9. The third-order valence-electron chi connectivity index (χ3n) is 3.93. The number of thiazole rings is 1. The molecule has 3 aromatic rings. The largest absolute Gasteiger partial charge is 0.490 e. The van der Waals surface area contributed by atoms with E-state index >= 15 is 0 Å². The van der Waals surface area contributed by atoms with Crippen molar-refractivity contribution in [1.29, 1.82) is 0 Å². The highest BCUT2D eigenvalue weighted by molar-refractivity contribution is 7.09. The second kappa shape index (κ2) is 7.30. The first-order valence-electron chi connectivity index (χ1n) is 8.00. The minimum Gasteiger partial charge on any atom is -0.490 e. The van der Waals surface area contributed by atoms with Gasteiger partial charge in [0.1, 0.15) is 23.5 Å². The Labute approximate surface area is 146 Å². The van der Waals surface area contributed by atoms with Crippen LogP contribution in [-0.4, -0.2) is 29.3 Å². The van der Waals surface area contributed by atoms with Crippen LogP contribution in [0.2, 0.25) is 0 Å². The molecule has 0 spiro atoms. The average molecular weight is 342 g/mol. The van der Waals surface area contributed by atoms with Gasteiger partial charge in [-0.1, -0.05) is 36.4 Å². The predicted molar refractivity (Wildman–Crippen MR) is 98.6 cm³/mol. The fraction of sp³-hybridized carbons (Fsp3) is 0.316. The normalized spacial score (nSPS) is 13.1. The molecule has 0 saturated heterocycles. The van der Waals surface area contributed by atoms with Gasteiger partial charge in [0.2, 0.25) is 0 Å². The Balaban J connectivity index is 1.56. The number of benzene rings is 2. The molecule has 0 aliphatic carbocycles. The molecule has 2 aromatic carbocycles. The lowest BCUT2D eigenvalue weighted by molar-refractivity contribution is 0.0995. The van der Waals surface area contributed by atoms with Crippen molar-refractivity contribution < 1.29 is 9.84 Å². The van der Waals surface area contributed by atoms with E-state index in [0.29, 0.717) is 6.54 Å². The summed E-state index contributed by atoms with van der Waals surface area (Å²) in [6.45, 7) is 4.81. The minimum absolute atomic E-state index is 0.245. The van der Waals surface area contributed by atoms with Crippen molar-refractivity contribution >= 4 is 22.1 Å². The zero-order valence-corrected chi connectivity index (χ0v) is 14.7. The standard InChI is InChI=1S/C19H22N2O2S/c1-19(2,18-20-10-11-24-18)21-12-15(22)13-23-17-9-5-7-14-6-3-4-8-16(14)17/h3-11,15,21-22H,12-13H2,1-2H3. The molecule has 4 nitrogen and oxygen atoms in total. The summed E-state index contributed by atoms with van der Waals surface area (Å²) in [6, 6.07) is 14.0. The number of fused-ring (bicyclic) bond motifs is 1. The van der Waals surface area contributed by atoms with Crippen LogP contribution in [0.3, 0.4) is 0 Å². The number of ether oxygens (including phenoxy) is 1. The Morgan fingerprint density at radius 3 is 2.79 bits per heavy atom. The summed E-state index contributed by atoms with van der Waals surface area (Å²) >= 11 is 1.61. The van der Waals surface area contributed by atoms with E-state index in [1.54, 1.807) is 17.5 Å². The molecular formula is C19H22N2O2S.